The van der Waals surface area contributed by atoms with Crippen LogP contribution >= 0.6 is 0 Å². The Morgan fingerprint density at radius 2 is 1.33 bits per heavy atom. The summed E-state index contributed by atoms with van der Waals surface area (Å²) in [5.41, 5.74) is 24.4. The number of azide groups is 3. The van der Waals surface area contributed by atoms with E-state index in [1.807, 2.05) is 0 Å². The predicted molar refractivity (Wildman–Crippen MR) is 48.5 cm³/mol. The molecule has 0 amide bonds. The molecule has 0 radical (unpaired) electrons. The van der Waals surface area contributed by atoms with Gasteiger partial charge in [-0.15, -0.1) is 0 Å². The first-order chi connectivity index (χ1) is 7.30. The second kappa shape index (κ2) is 4.90. The lowest BCUT2D eigenvalue weighted by Gasteiger charge is -1.95. The Labute approximate surface area is 81.3 Å². The highest BCUT2D eigenvalue weighted by Gasteiger charge is 1.99. The van der Waals surface area contributed by atoms with E-state index in [1.165, 1.54) is 0 Å². The molecular weight excluding hydrogens is 202 g/mol. The standard InChI is InChI=1S/C4HN11/c5-13-10-2-1-3(11-14-6)9-4(8-2)12-15-7/h1H. The third-order valence-electron chi connectivity index (χ3n) is 1.12. The van der Waals surface area contributed by atoms with Crippen LogP contribution in [0.3, 0.4) is 0 Å². The zero-order valence-electron chi connectivity index (χ0n) is 7.00. The summed E-state index contributed by atoms with van der Waals surface area (Å²) in [5, 5.41) is 9.39. The summed E-state index contributed by atoms with van der Waals surface area (Å²) < 4.78 is 0. The summed E-state index contributed by atoms with van der Waals surface area (Å²) in [6.45, 7) is 0. The molecule has 1 rings (SSSR count). The van der Waals surface area contributed by atoms with Gasteiger partial charge in [0.05, 0.1) is 0 Å². The van der Waals surface area contributed by atoms with E-state index in [1.54, 1.807) is 0 Å². The van der Waals surface area contributed by atoms with Crippen molar-refractivity contribution in [3.63, 3.8) is 0 Å². The Bertz CT molecular complexity index is 423. The molecule has 0 aliphatic carbocycles. The van der Waals surface area contributed by atoms with Crippen molar-refractivity contribution in [2.45, 2.75) is 0 Å². The minimum absolute atomic E-state index is 0.0997. The van der Waals surface area contributed by atoms with Crippen LogP contribution in [0.5, 0.6) is 0 Å². The molecule has 0 saturated carbocycles. The second-order valence-electron chi connectivity index (χ2n) is 1.95. The van der Waals surface area contributed by atoms with Crippen molar-refractivity contribution in [2.75, 3.05) is 0 Å². The van der Waals surface area contributed by atoms with Crippen LogP contribution in [0.1, 0.15) is 0 Å². The van der Waals surface area contributed by atoms with Gasteiger partial charge in [-0.3, -0.25) is 0 Å². The maximum Gasteiger partial charge on any atom is 0.217 e. The van der Waals surface area contributed by atoms with Crippen LogP contribution in [0.4, 0.5) is 17.6 Å². The average molecular weight is 203 g/mol. The van der Waals surface area contributed by atoms with Crippen LogP contribution in [0.25, 0.3) is 31.3 Å². The normalized spacial score (nSPS) is 8.00. The molecule has 0 bridgehead atoms. The number of nitrogens with zero attached hydrogens (tertiary/aromatic N) is 11. The Morgan fingerprint density at radius 1 is 0.867 bits per heavy atom. The molecule has 1 aromatic rings. The van der Waals surface area contributed by atoms with Gasteiger partial charge in [-0.1, -0.05) is 0 Å². The summed E-state index contributed by atoms with van der Waals surface area (Å²) in [7, 11) is 0. The SMILES string of the molecule is [N-]=[N+]=Nc1cc(N=[N+]=[N-])nc(N=[N+]=[N-])n1. The molecule has 1 aromatic heterocycles. The molecule has 11 heteroatoms. The van der Waals surface area contributed by atoms with Crippen molar-refractivity contribution in [3.05, 3.63) is 37.4 Å². The van der Waals surface area contributed by atoms with Gasteiger partial charge in [0.15, 0.2) is 0 Å². The Morgan fingerprint density at radius 3 is 1.73 bits per heavy atom. The van der Waals surface area contributed by atoms with E-state index in [0.717, 1.165) is 6.07 Å². The molecule has 0 N–H and O–H groups in total. The summed E-state index contributed by atoms with van der Waals surface area (Å²) in [6.07, 6.45) is 0. The van der Waals surface area contributed by atoms with E-state index in [2.05, 4.69) is 40.0 Å². The maximum atomic E-state index is 8.15. The van der Waals surface area contributed by atoms with Gasteiger partial charge in [0.25, 0.3) is 0 Å². The summed E-state index contributed by atoms with van der Waals surface area (Å²) in [5.74, 6) is -0.487. The third kappa shape index (κ3) is 2.76. The second-order valence-corrected chi connectivity index (χ2v) is 1.95. The molecule has 72 valence electrons. The van der Waals surface area contributed by atoms with Gasteiger partial charge in [0.1, 0.15) is 11.6 Å². The molecule has 0 aliphatic heterocycles. The Kier molecular flexibility index (Phi) is 3.29. The van der Waals surface area contributed by atoms with Crippen molar-refractivity contribution in [2.24, 2.45) is 15.3 Å². The number of hydrogen-bond donors (Lipinski definition) is 0. The molecule has 0 spiro atoms. The van der Waals surface area contributed by atoms with Gasteiger partial charge in [-0.2, -0.15) is 0 Å². The van der Waals surface area contributed by atoms with Gasteiger partial charge in [-0.05, 0) is 38.0 Å². The highest BCUT2D eigenvalue weighted by Crippen LogP contribution is 2.20. The maximum absolute atomic E-state index is 8.15. The number of hydrogen-bond acceptors (Lipinski definition) is 5. The van der Waals surface area contributed by atoms with E-state index in [9.17, 15) is 0 Å². The van der Waals surface area contributed by atoms with Gasteiger partial charge < -0.3 is 0 Å². The fraction of sp³-hybridized carbons (Fsp3) is 0. The topological polar surface area (TPSA) is 172 Å². The first kappa shape index (κ1) is 10.1. The summed E-state index contributed by atoms with van der Waals surface area (Å²) in [6, 6.07) is 1.15. The third-order valence-corrected chi connectivity index (χ3v) is 1.12. The lowest BCUT2D eigenvalue weighted by Crippen LogP contribution is -1.79. The molecule has 1 heterocycles. The molecule has 0 unspecified atom stereocenters. The first-order valence-electron chi connectivity index (χ1n) is 3.34. The van der Waals surface area contributed by atoms with Crippen molar-refractivity contribution in [1.29, 1.82) is 0 Å². The molecular formula is C4HN11. The van der Waals surface area contributed by atoms with Gasteiger partial charge in [0, 0.05) is 14.7 Å². The van der Waals surface area contributed by atoms with Crippen molar-refractivity contribution < 1.29 is 0 Å². The van der Waals surface area contributed by atoms with Crippen molar-refractivity contribution >= 4 is 17.6 Å². The monoisotopic (exact) mass is 203 g/mol. The molecule has 11 nitrogen and oxygen atoms in total. The molecule has 15 heavy (non-hydrogen) atoms. The predicted octanol–water partition coefficient (Wildman–Crippen LogP) is 3.30. The zero-order valence-corrected chi connectivity index (χ0v) is 7.00. The van der Waals surface area contributed by atoms with Crippen LogP contribution in [-0.2, 0) is 0 Å². The quantitative estimate of drug-likeness (QED) is 0.416. The van der Waals surface area contributed by atoms with Crippen LogP contribution in [0.2, 0.25) is 0 Å². The average Bonchev–Trinajstić information content (AvgIpc) is 2.19. The van der Waals surface area contributed by atoms with Crippen molar-refractivity contribution in [3.8, 4) is 0 Å². The molecule has 0 aliphatic rings. The highest BCUT2D eigenvalue weighted by atomic mass is 15.3. The van der Waals surface area contributed by atoms with E-state index < -0.39 is 0 Å². The zero-order chi connectivity index (χ0) is 11.1. The summed E-state index contributed by atoms with van der Waals surface area (Å²) >= 11 is 0. The van der Waals surface area contributed by atoms with E-state index in [4.69, 9.17) is 16.6 Å². The largest absolute Gasteiger partial charge is 0.225 e. The lowest BCUT2D eigenvalue weighted by molar-refractivity contribution is 1.10. The first-order valence-corrected chi connectivity index (χ1v) is 3.34. The molecule has 0 aromatic carbocycles. The van der Waals surface area contributed by atoms with Crippen LogP contribution in [0.15, 0.2) is 21.4 Å². The fourth-order valence-corrected chi connectivity index (χ4v) is 0.689. The minimum atomic E-state index is -0.287. The highest BCUT2D eigenvalue weighted by molar-refractivity contribution is 5.43. The van der Waals surface area contributed by atoms with Crippen LogP contribution in [-0.4, -0.2) is 9.97 Å². The summed E-state index contributed by atoms with van der Waals surface area (Å²) in [4.78, 5) is 14.5. The van der Waals surface area contributed by atoms with E-state index >= 15 is 0 Å². The van der Waals surface area contributed by atoms with Crippen LogP contribution < -0.4 is 0 Å². The lowest BCUT2D eigenvalue weighted by atomic mass is 10.5. The van der Waals surface area contributed by atoms with Gasteiger partial charge in [0.2, 0.25) is 5.95 Å². The Balaban J connectivity index is 3.36. The smallest absolute Gasteiger partial charge is 0.217 e. The van der Waals surface area contributed by atoms with E-state index in [0.29, 0.717) is 0 Å². The molecule has 0 fully saturated rings. The molecule has 0 atom stereocenters. The minimum Gasteiger partial charge on any atom is -0.225 e. The Hall–Kier alpha value is -2.99. The van der Waals surface area contributed by atoms with Crippen LogP contribution in [0, 0.1) is 0 Å². The van der Waals surface area contributed by atoms with Crippen molar-refractivity contribution in [1.82, 2.24) is 9.97 Å². The fourth-order valence-electron chi connectivity index (χ4n) is 0.689. The van der Waals surface area contributed by atoms with Gasteiger partial charge in [-0.25, -0.2) is 9.97 Å². The number of aromatic nitrogens is 2. The van der Waals surface area contributed by atoms with Gasteiger partial charge >= 0.3 is 0 Å². The molecule has 0 saturated heterocycles. The van der Waals surface area contributed by atoms with E-state index in [-0.39, 0.29) is 17.6 Å². The number of rotatable bonds is 3.